The highest BCUT2D eigenvalue weighted by molar-refractivity contribution is 5.89. The third-order valence-electron chi connectivity index (χ3n) is 3.97. The molecule has 7 heteroatoms. The number of hydrogen-bond acceptors (Lipinski definition) is 4. The predicted octanol–water partition coefficient (Wildman–Crippen LogP) is -0.441. The van der Waals surface area contributed by atoms with E-state index in [9.17, 15) is 9.59 Å². The Labute approximate surface area is 132 Å². The molecule has 0 aromatic carbocycles. The number of amides is 2. The van der Waals surface area contributed by atoms with Crippen LogP contribution in [0.2, 0.25) is 0 Å². The number of hydrogen-bond donors (Lipinski definition) is 1. The highest BCUT2D eigenvalue weighted by atomic mass is 35.5. The van der Waals surface area contributed by atoms with Crippen molar-refractivity contribution in [3.8, 4) is 0 Å². The van der Waals surface area contributed by atoms with Gasteiger partial charge in [0.25, 0.3) is 0 Å². The Bertz CT molecular complexity index is 383. The Morgan fingerprint density at radius 1 is 1.33 bits per heavy atom. The molecule has 0 radical (unpaired) electrons. The highest BCUT2D eigenvalue weighted by Gasteiger charge is 2.31. The molecule has 6 nitrogen and oxygen atoms in total. The van der Waals surface area contributed by atoms with Gasteiger partial charge < -0.3 is 20.0 Å². The molecule has 1 unspecified atom stereocenters. The molecule has 21 heavy (non-hydrogen) atoms. The van der Waals surface area contributed by atoms with Crippen LogP contribution in [0.15, 0.2) is 12.7 Å². The third-order valence-corrected chi connectivity index (χ3v) is 3.97. The number of rotatable bonds is 4. The van der Waals surface area contributed by atoms with Gasteiger partial charge in [-0.3, -0.25) is 9.59 Å². The lowest BCUT2D eigenvalue weighted by molar-refractivity contribution is -0.141. The van der Waals surface area contributed by atoms with Crippen LogP contribution in [0.25, 0.3) is 0 Å². The summed E-state index contributed by atoms with van der Waals surface area (Å²) in [6.45, 7) is 8.96. The zero-order valence-electron chi connectivity index (χ0n) is 12.6. The van der Waals surface area contributed by atoms with Gasteiger partial charge in [0.05, 0.1) is 12.5 Å². The van der Waals surface area contributed by atoms with Gasteiger partial charge in [0.1, 0.15) is 0 Å². The molecule has 1 N–H and O–H groups in total. The molecule has 2 aliphatic heterocycles. The molecule has 0 bridgehead atoms. The smallest absolute Gasteiger partial charge is 0.240 e. The molecule has 0 aliphatic carbocycles. The lowest BCUT2D eigenvalue weighted by Crippen LogP contribution is -2.57. The van der Waals surface area contributed by atoms with Crippen LogP contribution in [-0.2, 0) is 9.59 Å². The number of nitrogens with zero attached hydrogens (tertiary/aromatic N) is 3. The van der Waals surface area contributed by atoms with Crippen molar-refractivity contribution < 1.29 is 9.59 Å². The van der Waals surface area contributed by atoms with Crippen molar-refractivity contribution in [1.29, 1.82) is 0 Å². The van der Waals surface area contributed by atoms with Crippen LogP contribution in [0.4, 0.5) is 0 Å². The molecule has 120 valence electrons. The molecule has 2 saturated heterocycles. The summed E-state index contributed by atoms with van der Waals surface area (Å²) in [7, 11) is 2.06. The second kappa shape index (κ2) is 8.36. The van der Waals surface area contributed by atoms with Gasteiger partial charge in [-0.15, -0.1) is 19.0 Å². The second-order valence-electron chi connectivity index (χ2n) is 5.47. The molecular weight excluding hydrogens is 292 g/mol. The minimum Gasteiger partial charge on any atom is -0.340 e. The van der Waals surface area contributed by atoms with Crippen molar-refractivity contribution in [2.75, 3.05) is 52.9 Å². The third kappa shape index (κ3) is 4.69. The SMILES string of the molecule is C=CCN1CCNC(CC(=O)N2CCN(C)CC2)C1=O.Cl. The molecule has 2 aliphatic rings. The van der Waals surface area contributed by atoms with Gasteiger partial charge >= 0.3 is 0 Å². The second-order valence-corrected chi connectivity index (χ2v) is 5.47. The van der Waals surface area contributed by atoms with Gasteiger partial charge in [0.15, 0.2) is 0 Å². The van der Waals surface area contributed by atoms with E-state index in [4.69, 9.17) is 0 Å². The molecule has 2 heterocycles. The first-order valence-corrected chi connectivity index (χ1v) is 7.21. The van der Waals surface area contributed by atoms with Crippen LogP contribution < -0.4 is 5.32 Å². The molecule has 2 fully saturated rings. The van der Waals surface area contributed by atoms with Gasteiger partial charge in [-0.25, -0.2) is 0 Å². The summed E-state index contributed by atoms with van der Waals surface area (Å²) in [4.78, 5) is 30.3. The number of carbonyl (C=O) groups excluding carboxylic acids is 2. The average Bonchev–Trinajstić information content (AvgIpc) is 2.44. The van der Waals surface area contributed by atoms with Gasteiger partial charge in [0.2, 0.25) is 11.8 Å². The Balaban J connectivity index is 0.00000220. The summed E-state index contributed by atoms with van der Waals surface area (Å²) in [6, 6.07) is -0.379. The minimum absolute atomic E-state index is 0. The summed E-state index contributed by atoms with van der Waals surface area (Å²) in [5.41, 5.74) is 0. The summed E-state index contributed by atoms with van der Waals surface area (Å²) >= 11 is 0. The van der Waals surface area contributed by atoms with E-state index in [1.54, 1.807) is 11.0 Å². The van der Waals surface area contributed by atoms with Crippen molar-refractivity contribution in [2.45, 2.75) is 12.5 Å². The fraction of sp³-hybridized carbons (Fsp3) is 0.714. The maximum Gasteiger partial charge on any atom is 0.240 e. The number of nitrogens with one attached hydrogen (secondary N) is 1. The van der Waals surface area contributed by atoms with Crippen LogP contribution in [0.5, 0.6) is 0 Å². The molecule has 0 saturated carbocycles. The van der Waals surface area contributed by atoms with E-state index in [2.05, 4.69) is 23.8 Å². The largest absolute Gasteiger partial charge is 0.340 e. The number of likely N-dealkylation sites (N-methyl/N-ethyl adjacent to an activating group) is 1. The molecular formula is C14H25ClN4O2. The van der Waals surface area contributed by atoms with Crippen LogP contribution in [0.1, 0.15) is 6.42 Å². The van der Waals surface area contributed by atoms with Gasteiger partial charge in [-0.1, -0.05) is 6.08 Å². The summed E-state index contributed by atoms with van der Waals surface area (Å²) in [5.74, 6) is 0.0861. The van der Waals surface area contributed by atoms with Crippen molar-refractivity contribution in [3.63, 3.8) is 0 Å². The summed E-state index contributed by atoms with van der Waals surface area (Å²) < 4.78 is 0. The van der Waals surface area contributed by atoms with Gasteiger partial charge in [-0.05, 0) is 7.05 Å². The zero-order valence-corrected chi connectivity index (χ0v) is 13.4. The van der Waals surface area contributed by atoms with Crippen LogP contribution in [0.3, 0.4) is 0 Å². The molecule has 2 amide bonds. The van der Waals surface area contributed by atoms with Crippen molar-refractivity contribution >= 4 is 24.2 Å². The quantitative estimate of drug-likeness (QED) is 0.715. The highest BCUT2D eigenvalue weighted by Crippen LogP contribution is 2.09. The lowest BCUT2D eigenvalue weighted by Gasteiger charge is -2.35. The van der Waals surface area contributed by atoms with Crippen LogP contribution >= 0.6 is 12.4 Å². The topological polar surface area (TPSA) is 55.9 Å². The molecule has 0 aromatic rings. The molecule has 2 rings (SSSR count). The van der Waals surface area contributed by atoms with Gasteiger partial charge in [0, 0.05) is 45.8 Å². The number of piperazine rings is 2. The van der Waals surface area contributed by atoms with E-state index < -0.39 is 0 Å². The average molecular weight is 317 g/mol. The maximum absolute atomic E-state index is 12.3. The van der Waals surface area contributed by atoms with Crippen molar-refractivity contribution in [3.05, 3.63) is 12.7 Å². The van der Waals surface area contributed by atoms with E-state index in [0.29, 0.717) is 13.1 Å². The number of carbonyl (C=O) groups is 2. The number of halogens is 1. The maximum atomic E-state index is 12.3. The lowest BCUT2D eigenvalue weighted by atomic mass is 10.1. The molecule has 0 spiro atoms. The van der Waals surface area contributed by atoms with Crippen LogP contribution in [-0.4, -0.2) is 85.4 Å². The summed E-state index contributed by atoms with van der Waals surface area (Å²) in [6.07, 6.45) is 1.98. The van der Waals surface area contributed by atoms with Crippen molar-refractivity contribution in [2.24, 2.45) is 0 Å². The first-order valence-electron chi connectivity index (χ1n) is 7.21. The fourth-order valence-electron chi connectivity index (χ4n) is 2.65. The molecule has 0 aromatic heterocycles. The normalized spacial score (nSPS) is 23.7. The Morgan fingerprint density at radius 3 is 2.62 bits per heavy atom. The summed E-state index contributed by atoms with van der Waals surface area (Å²) in [5, 5.41) is 3.15. The minimum atomic E-state index is -0.379. The van der Waals surface area contributed by atoms with Gasteiger partial charge in [-0.2, -0.15) is 0 Å². The van der Waals surface area contributed by atoms with Crippen LogP contribution in [0, 0.1) is 0 Å². The van der Waals surface area contributed by atoms with E-state index >= 15 is 0 Å². The molecule has 1 atom stereocenters. The first kappa shape index (κ1) is 17.9. The Kier molecular flexibility index (Phi) is 7.14. The van der Waals surface area contributed by atoms with E-state index in [1.165, 1.54) is 0 Å². The van der Waals surface area contributed by atoms with E-state index in [-0.39, 0.29) is 36.7 Å². The van der Waals surface area contributed by atoms with E-state index in [1.807, 2.05) is 4.90 Å². The first-order chi connectivity index (χ1) is 9.61. The Hall–Kier alpha value is -1.11. The fourth-order valence-corrected chi connectivity index (χ4v) is 2.65. The van der Waals surface area contributed by atoms with E-state index in [0.717, 1.165) is 32.7 Å². The standard InChI is InChI=1S/C14H24N4O2.ClH/c1-3-5-18-6-4-15-12(14(18)20)11-13(19)17-9-7-16(2)8-10-17;/h3,12,15H,1,4-11H2,2H3;1H. The van der Waals surface area contributed by atoms with Crippen molar-refractivity contribution in [1.82, 2.24) is 20.0 Å². The Morgan fingerprint density at radius 2 is 2.00 bits per heavy atom. The zero-order chi connectivity index (χ0) is 14.5. The predicted molar refractivity (Wildman–Crippen MR) is 84.5 cm³/mol. The monoisotopic (exact) mass is 316 g/mol.